The zero-order valence-electron chi connectivity index (χ0n) is 14.9. The van der Waals surface area contributed by atoms with Crippen LogP contribution in [0.3, 0.4) is 0 Å². The molecule has 0 fully saturated rings. The molecular weight excluding hydrogens is 368 g/mol. The normalized spacial score (nSPS) is 11.8. The van der Waals surface area contributed by atoms with E-state index in [4.69, 9.17) is 11.6 Å². The van der Waals surface area contributed by atoms with E-state index in [-0.39, 0.29) is 17.7 Å². The Bertz CT molecular complexity index is 738. The van der Waals surface area contributed by atoms with Crippen molar-refractivity contribution in [1.29, 1.82) is 0 Å². The Hall–Kier alpha value is -1.98. The maximum Gasteiger partial charge on any atom is 0.253 e. The third-order valence-electron chi connectivity index (χ3n) is 3.77. The number of nitrogens with one attached hydrogen (secondary N) is 2. The van der Waals surface area contributed by atoms with Gasteiger partial charge in [-0.25, -0.2) is 0 Å². The third-order valence-corrected chi connectivity index (χ3v) is 5.11. The van der Waals surface area contributed by atoms with Crippen LogP contribution >= 0.6 is 23.4 Å². The summed E-state index contributed by atoms with van der Waals surface area (Å²) >= 11 is 7.73. The van der Waals surface area contributed by atoms with Gasteiger partial charge in [0.1, 0.15) is 6.04 Å². The summed E-state index contributed by atoms with van der Waals surface area (Å²) in [6.45, 7) is 4.33. The second-order valence-electron chi connectivity index (χ2n) is 6.13. The zero-order chi connectivity index (χ0) is 18.9. The lowest BCUT2D eigenvalue weighted by Gasteiger charge is -2.22. The van der Waals surface area contributed by atoms with Crippen molar-refractivity contribution < 1.29 is 9.59 Å². The van der Waals surface area contributed by atoms with E-state index in [1.165, 1.54) is 0 Å². The molecule has 0 aliphatic rings. The third kappa shape index (κ3) is 6.07. The summed E-state index contributed by atoms with van der Waals surface area (Å²) in [5, 5.41) is 6.06. The van der Waals surface area contributed by atoms with Crippen LogP contribution in [0.15, 0.2) is 59.5 Å². The van der Waals surface area contributed by atoms with Gasteiger partial charge in [0.2, 0.25) is 5.91 Å². The van der Waals surface area contributed by atoms with Gasteiger partial charge in [0.15, 0.2) is 0 Å². The van der Waals surface area contributed by atoms with E-state index in [0.29, 0.717) is 17.1 Å². The van der Waals surface area contributed by atoms with Crippen LogP contribution in [0.25, 0.3) is 0 Å². The van der Waals surface area contributed by atoms with Crippen molar-refractivity contribution in [3.05, 3.63) is 65.2 Å². The molecule has 0 radical (unpaired) electrons. The number of carbonyl (C=O) groups is 2. The fourth-order valence-electron chi connectivity index (χ4n) is 2.37. The summed E-state index contributed by atoms with van der Waals surface area (Å²) in [7, 11) is 0. The maximum absolute atomic E-state index is 12.5. The first-order chi connectivity index (χ1) is 12.5. The van der Waals surface area contributed by atoms with E-state index in [2.05, 4.69) is 10.6 Å². The van der Waals surface area contributed by atoms with Gasteiger partial charge >= 0.3 is 0 Å². The number of hydrogen-bond donors (Lipinski definition) is 2. The van der Waals surface area contributed by atoms with E-state index in [0.717, 1.165) is 10.6 Å². The highest BCUT2D eigenvalue weighted by molar-refractivity contribution is 7.99. The van der Waals surface area contributed by atoms with Gasteiger partial charge < -0.3 is 10.6 Å². The highest BCUT2D eigenvalue weighted by atomic mass is 35.5. The van der Waals surface area contributed by atoms with Crippen LogP contribution in [0.1, 0.15) is 24.2 Å². The number of carbonyl (C=O) groups excluding carboxylic acids is 2. The van der Waals surface area contributed by atoms with E-state index in [1.54, 1.807) is 36.0 Å². The molecule has 4 nitrogen and oxygen atoms in total. The first-order valence-corrected chi connectivity index (χ1v) is 9.86. The lowest BCUT2D eigenvalue weighted by molar-refractivity contribution is -0.123. The molecule has 0 bridgehead atoms. The summed E-state index contributed by atoms with van der Waals surface area (Å²) in [5.41, 5.74) is 0.368. The Kier molecular flexibility index (Phi) is 8.01. The van der Waals surface area contributed by atoms with E-state index < -0.39 is 6.04 Å². The Morgan fingerprint density at radius 1 is 1.04 bits per heavy atom. The van der Waals surface area contributed by atoms with Crippen LogP contribution in [0.2, 0.25) is 5.02 Å². The number of thioether (sulfide) groups is 1. The minimum absolute atomic E-state index is 0.0387. The minimum atomic E-state index is -0.611. The molecule has 26 heavy (non-hydrogen) atoms. The van der Waals surface area contributed by atoms with Crippen LogP contribution in [0.5, 0.6) is 0 Å². The molecule has 0 saturated carbocycles. The number of halogens is 1. The van der Waals surface area contributed by atoms with Crippen molar-refractivity contribution in [2.75, 3.05) is 12.3 Å². The molecule has 0 unspecified atom stereocenters. The van der Waals surface area contributed by atoms with Crippen LogP contribution < -0.4 is 10.6 Å². The van der Waals surface area contributed by atoms with Crippen LogP contribution in [-0.4, -0.2) is 30.2 Å². The van der Waals surface area contributed by atoms with Gasteiger partial charge in [0.05, 0.1) is 10.6 Å². The number of amides is 2. The highest BCUT2D eigenvalue weighted by Crippen LogP contribution is 2.17. The summed E-state index contributed by atoms with van der Waals surface area (Å²) < 4.78 is 0. The fourth-order valence-corrected chi connectivity index (χ4v) is 3.38. The Morgan fingerprint density at radius 3 is 2.35 bits per heavy atom. The van der Waals surface area contributed by atoms with E-state index in [9.17, 15) is 9.59 Å². The molecule has 0 spiro atoms. The average Bonchev–Trinajstić information content (AvgIpc) is 2.64. The molecule has 0 aliphatic carbocycles. The second kappa shape index (κ2) is 10.2. The molecule has 2 aromatic rings. The van der Waals surface area contributed by atoms with Crippen LogP contribution in [-0.2, 0) is 4.79 Å². The number of hydrogen-bond acceptors (Lipinski definition) is 3. The van der Waals surface area contributed by atoms with Crippen molar-refractivity contribution in [3.8, 4) is 0 Å². The molecule has 2 rings (SSSR count). The Labute approximate surface area is 163 Å². The lowest BCUT2D eigenvalue weighted by atomic mass is 10.0. The molecule has 0 saturated heterocycles. The average molecular weight is 391 g/mol. The molecule has 0 heterocycles. The van der Waals surface area contributed by atoms with Gasteiger partial charge in [0.25, 0.3) is 5.91 Å². The molecule has 138 valence electrons. The number of benzene rings is 2. The highest BCUT2D eigenvalue weighted by Gasteiger charge is 2.25. The van der Waals surface area contributed by atoms with Crippen molar-refractivity contribution >= 4 is 35.2 Å². The molecule has 1 atom stereocenters. The molecule has 6 heteroatoms. The SMILES string of the molecule is CC(C)[C@H](NC(=O)c1ccccc1Cl)C(=O)NCCSc1ccccc1. The van der Waals surface area contributed by atoms with Crippen molar-refractivity contribution in [1.82, 2.24) is 10.6 Å². The molecule has 0 aliphatic heterocycles. The first-order valence-electron chi connectivity index (χ1n) is 8.50. The van der Waals surface area contributed by atoms with E-state index in [1.807, 2.05) is 44.2 Å². The van der Waals surface area contributed by atoms with Gasteiger partial charge in [0, 0.05) is 17.2 Å². The standard InChI is InChI=1S/C20H23ClN2O2S/c1-14(2)18(23-19(24)16-10-6-7-11-17(16)21)20(25)22-12-13-26-15-8-4-3-5-9-15/h3-11,14,18H,12-13H2,1-2H3,(H,22,25)(H,23,24)/t18-/m0/s1. The van der Waals surface area contributed by atoms with Gasteiger partial charge in [-0.2, -0.15) is 0 Å². The summed E-state index contributed by atoms with van der Waals surface area (Å²) in [6.07, 6.45) is 0. The van der Waals surface area contributed by atoms with Crippen molar-refractivity contribution in [2.45, 2.75) is 24.8 Å². The molecular formula is C20H23ClN2O2S. The van der Waals surface area contributed by atoms with Crippen molar-refractivity contribution in [3.63, 3.8) is 0 Å². The first kappa shape index (κ1) is 20.3. The zero-order valence-corrected chi connectivity index (χ0v) is 16.4. The second-order valence-corrected chi connectivity index (χ2v) is 7.70. The minimum Gasteiger partial charge on any atom is -0.353 e. The molecule has 2 N–H and O–H groups in total. The van der Waals surface area contributed by atoms with Gasteiger partial charge in [-0.15, -0.1) is 11.8 Å². The quantitative estimate of drug-likeness (QED) is 0.529. The smallest absolute Gasteiger partial charge is 0.253 e. The summed E-state index contributed by atoms with van der Waals surface area (Å²) in [6, 6.07) is 16.2. The summed E-state index contributed by atoms with van der Waals surface area (Å²) in [4.78, 5) is 26.1. The van der Waals surface area contributed by atoms with Crippen molar-refractivity contribution in [2.24, 2.45) is 5.92 Å². The van der Waals surface area contributed by atoms with Gasteiger partial charge in [-0.3, -0.25) is 9.59 Å². The molecule has 0 aromatic heterocycles. The maximum atomic E-state index is 12.5. The predicted octanol–water partition coefficient (Wildman–Crippen LogP) is 4.00. The Balaban J connectivity index is 1.87. The monoisotopic (exact) mass is 390 g/mol. The fraction of sp³-hybridized carbons (Fsp3) is 0.300. The van der Waals surface area contributed by atoms with Crippen LogP contribution in [0, 0.1) is 5.92 Å². The Morgan fingerprint density at radius 2 is 1.69 bits per heavy atom. The number of rotatable bonds is 8. The van der Waals surface area contributed by atoms with Crippen LogP contribution in [0.4, 0.5) is 0 Å². The largest absolute Gasteiger partial charge is 0.353 e. The van der Waals surface area contributed by atoms with Gasteiger partial charge in [-0.05, 0) is 30.2 Å². The topological polar surface area (TPSA) is 58.2 Å². The molecule has 2 aromatic carbocycles. The summed E-state index contributed by atoms with van der Waals surface area (Å²) in [5.74, 6) is 0.194. The lowest BCUT2D eigenvalue weighted by Crippen LogP contribution is -2.50. The van der Waals surface area contributed by atoms with E-state index >= 15 is 0 Å². The van der Waals surface area contributed by atoms with Gasteiger partial charge in [-0.1, -0.05) is 55.8 Å². The molecule has 2 amide bonds. The predicted molar refractivity (Wildman–Crippen MR) is 108 cm³/mol.